The van der Waals surface area contributed by atoms with E-state index < -0.39 is 5.97 Å². The molecular formula is C24H26ClN3O2S2. The second-order valence-corrected chi connectivity index (χ2v) is 10.0. The van der Waals surface area contributed by atoms with E-state index in [0.717, 1.165) is 10.7 Å². The minimum atomic E-state index is -0.962. The van der Waals surface area contributed by atoms with E-state index in [9.17, 15) is 9.90 Å². The second kappa shape index (κ2) is 9.98. The van der Waals surface area contributed by atoms with E-state index in [2.05, 4.69) is 54.9 Å². The molecule has 0 unspecified atom stereocenters. The number of carboxylic acid groups (broad SMARTS) is 1. The zero-order valence-corrected chi connectivity index (χ0v) is 21.0. The number of nitrogens with zero attached hydrogens (tertiary/aromatic N) is 2. The van der Waals surface area contributed by atoms with Crippen LogP contribution < -0.4 is 4.72 Å². The van der Waals surface area contributed by atoms with Gasteiger partial charge in [-0.05, 0) is 64.7 Å². The van der Waals surface area contributed by atoms with Gasteiger partial charge < -0.3 is 9.83 Å². The van der Waals surface area contributed by atoms with Gasteiger partial charge >= 0.3 is 5.97 Å². The molecule has 0 spiro atoms. The first kappa shape index (κ1) is 24.2. The molecule has 0 radical (unpaired) electrons. The van der Waals surface area contributed by atoms with Crippen LogP contribution in [0.25, 0.3) is 16.8 Å². The van der Waals surface area contributed by atoms with Gasteiger partial charge in [-0.15, -0.1) is 11.3 Å². The number of benzene rings is 1. The van der Waals surface area contributed by atoms with Crippen molar-refractivity contribution in [2.24, 2.45) is 0 Å². The highest BCUT2D eigenvalue weighted by molar-refractivity contribution is 8.00. The van der Waals surface area contributed by atoms with E-state index in [0.29, 0.717) is 21.8 Å². The van der Waals surface area contributed by atoms with Crippen LogP contribution in [0.1, 0.15) is 49.9 Å². The first-order chi connectivity index (χ1) is 15.2. The third kappa shape index (κ3) is 5.11. The molecule has 0 aliphatic heterocycles. The molecule has 3 heterocycles. The summed E-state index contributed by atoms with van der Waals surface area (Å²) in [5, 5.41) is 16.3. The van der Waals surface area contributed by atoms with Crippen LogP contribution in [0, 0.1) is 0 Å². The number of nitrogens with one attached hydrogen (secondary N) is 1. The largest absolute Gasteiger partial charge is 0.477 e. The van der Waals surface area contributed by atoms with Crippen molar-refractivity contribution in [3.05, 3.63) is 69.4 Å². The van der Waals surface area contributed by atoms with Crippen molar-refractivity contribution in [3.8, 4) is 11.3 Å². The van der Waals surface area contributed by atoms with Gasteiger partial charge in [0, 0.05) is 10.5 Å². The van der Waals surface area contributed by atoms with Crippen LogP contribution in [-0.4, -0.2) is 20.7 Å². The molecule has 4 aromatic rings. The maximum atomic E-state index is 11.5. The number of carboxylic acids is 1. The summed E-state index contributed by atoms with van der Waals surface area (Å²) in [6.07, 6.45) is 0. The second-order valence-electron chi connectivity index (χ2n) is 7.84. The summed E-state index contributed by atoms with van der Waals surface area (Å²) < 4.78 is 5.04. The van der Waals surface area contributed by atoms with Crippen LogP contribution in [0.4, 0.5) is 5.82 Å². The lowest BCUT2D eigenvalue weighted by Gasteiger charge is -2.19. The Labute approximate surface area is 201 Å². The number of pyridine rings is 1. The number of aromatic nitrogens is 2. The molecule has 168 valence electrons. The van der Waals surface area contributed by atoms with Gasteiger partial charge in [0.15, 0.2) is 0 Å². The molecule has 32 heavy (non-hydrogen) atoms. The first-order valence-corrected chi connectivity index (χ1v) is 12.3. The molecule has 8 heteroatoms. The predicted octanol–water partition coefficient (Wildman–Crippen LogP) is 7.86. The van der Waals surface area contributed by atoms with Crippen molar-refractivity contribution >= 4 is 52.2 Å². The normalized spacial score (nSPS) is 11.2. The molecule has 0 aliphatic rings. The molecule has 0 amide bonds. The molecule has 0 bridgehead atoms. The van der Waals surface area contributed by atoms with Gasteiger partial charge in [-0.2, -0.15) is 5.10 Å². The zero-order chi connectivity index (χ0) is 23.5. The molecule has 5 nitrogen and oxygen atoms in total. The Bertz CT molecular complexity index is 1220. The maximum absolute atomic E-state index is 11.5. The number of hydrogen-bond acceptors (Lipinski definition) is 5. The van der Waals surface area contributed by atoms with Gasteiger partial charge in [0.2, 0.25) is 0 Å². The highest BCUT2D eigenvalue weighted by atomic mass is 35.5. The topological polar surface area (TPSA) is 66.6 Å². The fourth-order valence-corrected chi connectivity index (χ4v) is 4.65. The van der Waals surface area contributed by atoms with Crippen molar-refractivity contribution in [1.82, 2.24) is 9.61 Å². The van der Waals surface area contributed by atoms with Gasteiger partial charge in [0.1, 0.15) is 10.7 Å². The van der Waals surface area contributed by atoms with E-state index >= 15 is 0 Å². The van der Waals surface area contributed by atoms with Crippen LogP contribution in [0.15, 0.2) is 58.8 Å². The molecule has 3 aromatic heterocycles. The molecule has 0 saturated carbocycles. The summed E-state index contributed by atoms with van der Waals surface area (Å²) in [6.45, 7) is 10.6. The van der Waals surface area contributed by atoms with Crippen molar-refractivity contribution in [1.29, 1.82) is 0 Å². The number of carbonyl (C=O) groups is 1. The smallest absolute Gasteiger partial charge is 0.346 e. The maximum Gasteiger partial charge on any atom is 0.346 e. The fraction of sp³-hybridized carbons (Fsp3) is 0.250. The number of fused-ring (bicyclic) bond motifs is 1. The standard InChI is InChI=1S/C22H20ClN3O2S2.C2H6/c1-22(2,3)13-4-6-14(7-5-13)30-25-19-9-8-16(23)18-12-17(24-26(18)19)15-10-11-29-20(15)21(27)28;1-2/h4-12,25H,1-3H3,(H,27,28);1-2H3. The molecule has 0 fully saturated rings. The summed E-state index contributed by atoms with van der Waals surface area (Å²) in [6, 6.07) is 15.7. The van der Waals surface area contributed by atoms with Crippen LogP contribution in [0.5, 0.6) is 0 Å². The molecule has 0 aliphatic carbocycles. The molecule has 1 aromatic carbocycles. The highest BCUT2D eigenvalue weighted by Crippen LogP contribution is 2.33. The van der Waals surface area contributed by atoms with Crippen LogP contribution in [-0.2, 0) is 5.41 Å². The van der Waals surface area contributed by atoms with E-state index in [1.165, 1.54) is 28.8 Å². The van der Waals surface area contributed by atoms with Gasteiger partial charge in [-0.3, -0.25) is 0 Å². The van der Waals surface area contributed by atoms with Crippen molar-refractivity contribution in [2.45, 2.75) is 44.9 Å². The Balaban J connectivity index is 0.00000141. The average Bonchev–Trinajstić information content (AvgIpc) is 3.42. The minimum absolute atomic E-state index is 0.112. The lowest BCUT2D eigenvalue weighted by Crippen LogP contribution is -2.10. The fourth-order valence-electron chi connectivity index (χ4n) is 3.06. The first-order valence-electron chi connectivity index (χ1n) is 10.3. The summed E-state index contributed by atoms with van der Waals surface area (Å²) in [7, 11) is 0. The van der Waals surface area contributed by atoms with Gasteiger partial charge in [-0.25, -0.2) is 9.31 Å². The van der Waals surface area contributed by atoms with E-state index in [4.69, 9.17) is 11.6 Å². The Morgan fingerprint density at radius 2 is 1.81 bits per heavy atom. The van der Waals surface area contributed by atoms with Gasteiger partial charge in [0.25, 0.3) is 0 Å². The van der Waals surface area contributed by atoms with Crippen molar-refractivity contribution in [3.63, 3.8) is 0 Å². The van der Waals surface area contributed by atoms with Gasteiger partial charge in [0.05, 0.1) is 16.2 Å². The van der Waals surface area contributed by atoms with E-state index in [1.54, 1.807) is 22.0 Å². The summed E-state index contributed by atoms with van der Waals surface area (Å²) in [5.41, 5.74) is 3.26. The Hall–Kier alpha value is -2.48. The van der Waals surface area contributed by atoms with Crippen LogP contribution >= 0.6 is 34.9 Å². The average molecular weight is 488 g/mol. The number of hydrogen-bond donors (Lipinski definition) is 2. The van der Waals surface area contributed by atoms with Crippen LogP contribution in [0.2, 0.25) is 5.02 Å². The molecule has 0 atom stereocenters. The molecule has 0 saturated heterocycles. The minimum Gasteiger partial charge on any atom is -0.477 e. The number of aromatic carboxylic acids is 1. The predicted molar refractivity (Wildman–Crippen MR) is 136 cm³/mol. The third-order valence-electron chi connectivity index (χ3n) is 4.70. The lowest BCUT2D eigenvalue weighted by atomic mass is 9.87. The monoisotopic (exact) mass is 487 g/mol. The third-order valence-corrected chi connectivity index (χ3v) is 6.74. The van der Waals surface area contributed by atoms with E-state index in [-0.39, 0.29) is 10.3 Å². The quantitative estimate of drug-likeness (QED) is 0.280. The molecule has 4 rings (SSSR count). The Kier molecular flexibility index (Phi) is 7.54. The van der Waals surface area contributed by atoms with Crippen LogP contribution in [0.3, 0.4) is 0 Å². The Morgan fingerprint density at radius 3 is 2.44 bits per heavy atom. The molecule has 2 N–H and O–H groups in total. The lowest BCUT2D eigenvalue weighted by molar-refractivity contribution is 0.0703. The molecular weight excluding hydrogens is 462 g/mol. The summed E-state index contributed by atoms with van der Waals surface area (Å²) in [5.74, 6) is -0.214. The summed E-state index contributed by atoms with van der Waals surface area (Å²) >= 11 is 9.04. The number of thiophene rings is 1. The van der Waals surface area contributed by atoms with E-state index in [1.807, 2.05) is 26.0 Å². The Morgan fingerprint density at radius 1 is 1.12 bits per heavy atom. The summed E-state index contributed by atoms with van der Waals surface area (Å²) in [4.78, 5) is 12.8. The number of rotatable bonds is 5. The highest BCUT2D eigenvalue weighted by Gasteiger charge is 2.18. The zero-order valence-electron chi connectivity index (χ0n) is 18.6. The SMILES string of the molecule is CC.CC(C)(C)c1ccc(SNc2ccc(Cl)c3cc(-c4ccsc4C(=O)O)nn23)cc1. The van der Waals surface area contributed by atoms with Crippen molar-refractivity contribution in [2.75, 3.05) is 4.72 Å². The van der Waals surface area contributed by atoms with Crippen molar-refractivity contribution < 1.29 is 9.90 Å². The number of anilines is 1. The number of halogens is 1. The van der Waals surface area contributed by atoms with Gasteiger partial charge in [-0.1, -0.05) is 58.4 Å².